The van der Waals surface area contributed by atoms with Gasteiger partial charge in [0.1, 0.15) is 0 Å². The van der Waals surface area contributed by atoms with Crippen LogP contribution in [0.2, 0.25) is 0 Å². The van der Waals surface area contributed by atoms with Crippen molar-refractivity contribution in [2.24, 2.45) is 0 Å². The molecule has 0 radical (unpaired) electrons. The topological polar surface area (TPSA) is 47.0 Å². The Morgan fingerprint density at radius 2 is 2.50 bits per heavy atom. The van der Waals surface area contributed by atoms with E-state index in [0.717, 1.165) is 26.2 Å². The van der Waals surface area contributed by atoms with Crippen LogP contribution in [0.3, 0.4) is 0 Å². The van der Waals surface area contributed by atoms with Gasteiger partial charge in [-0.2, -0.15) is 0 Å². The van der Waals surface area contributed by atoms with Crippen LogP contribution in [0.5, 0.6) is 0 Å². The van der Waals surface area contributed by atoms with Gasteiger partial charge in [0.25, 0.3) is 0 Å². The van der Waals surface area contributed by atoms with Gasteiger partial charge in [-0.3, -0.25) is 0 Å². The lowest BCUT2D eigenvalue weighted by Gasteiger charge is -2.13. The van der Waals surface area contributed by atoms with Crippen molar-refractivity contribution in [3.63, 3.8) is 0 Å². The van der Waals surface area contributed by atoms with Crippen LogP contribution in [0.4, 0.5) is 0 Å². The van der Waals surface area contributed by atoms with Crippen LogP contribution in [0.1, 0.15) is 24.1 Å². The van der Waals surface area contributed by atoms with E-state index in [0.29, 0.717) is 6.04 Å². The third kappa shape index (κ3) is 3.01. The molecule has 78 valence electrons. The van der Waals surface area contributed by atoms with Gasteiger partial charge in [0, 0.05) is 25.8 Å². The molecule has 1 unspecified atom stereocenters. The lowest BCUT2D eigenvalue weighted by Crippen LogP contribution is -2.28. The van der Waals surface area contributed by atoms with E-state index in [1.807, 2.05) is 6.20 Å². The van der Waals surface area contributed by atoms with E-state index < -0.39 is 0 Å². The first kappa shape index (κ1) is 10.0. The summed E-state index contributed by atoms with van der Waals surface area (Å²) in [5.41, 5.74) is 0. The van der Waals surface area contributed by atoms with E-state index in [9.17, 15) is 0 Å². The van der Waals surface area contributed by atoms with Crippen LogP contribution >= 0.6 is 11.5 Å². The van der Waals surface area contributed by atoms with E-state index in [-0.39, 0.29) is 0 Å². The summed E-state index contributed by atoms with van der Waals surface area (Å²) < 4.78 is 9.23. The standard InChI is InChI=1S/C9H15N3OS/c1-2-8(3-5-13-4-1)10-6-9-7-11-12-14-9/h7-8,10H,1-6H2. The molecule has 1 N–H and O–H groups in total. The average Bonchev–Trinajstić information content (AvgIpc) is 2.58. The maximum atomic E-state index is 5.40. The number of aromatic nitrogens is 2. The molecular formula is C9H15N3OS. The van der Waals surface area contributed by atoms with Crippen molar-refractivity contribution in [1.82, 2.24) is 14.9 Å². The zero-order valence-corrected chi connectivity index (χ0v) is 8.92. The van der Waals surface area contributed by atoms with E-state index in [1.165, 1.54) is 29.3 Å². The maximum Gasteiger partial charge on any atom is 0.0666 e. The molecule has 14 heavy (non-hydrogen) atoms. The largest absolute Gasteiger partial charge is 0.381 e. The molecule has 1 aromatic rings. The Morgan fingerprint density at radius 1 is 1.50 bits per heavy atom. The minimum atomic E-state index is 0.597. The highest BCUT2D eigenvalue weighted by molar-refractivity contribution is 7.05. The molecule has 0 saturated carbocycles. The van der Waals surface area contributed by atoms with Crippen molar-refractivity contribution >= 4 is 11.5 Å². The lowest BCUT2D eigenvalue weighted by molar-refractivity contribution is 0.142. The Kier molecular flexibility index (Phi) is 3.85. The second-order valence-corrected chi connectivity index (χ2v) is 4.38. The van der Waals surface area contributed by atoms with Gasteiger partial charge in [0.05, 0.1) is 11.1 Å². The summed E-state index contributed by atoms with van der Waals surface area (Å²) in [7, 11) is 0. The van der Waals surface area contributed by atoms with Gasteiger partial charge >= 0.3 is 0 Å². The molecule has 1 aliphatic heterocycles. The summed E-state index contributed by atoms with van der Waals surface area (Å²) in [6, 6.07) is 0.597. The molecule has 2 heterocycles. The second kappa shape index (κ2) is 5.38. The third-order valence-corrected chi connectivity index (χ3v) is 3.08. The molecule has 5 heteroatoms. The van der Waals surface area contributed by atoms with Crippen molar-refractivity contribution < 1.29 is 4.74 Å². The fourth-order valence-electron chi connectivity index (χ4n) is 1.62. The molecule has 0 spiro atoms. The molecule has 1 aromatic heterocycles. The second-order valence-electron chi connectivity index (χ2n) is 3.50. The van der Waals surface area contributed by atoms with Crippen LogP contribution in [0.15, 0.2) is 6.20 Å². The van der Waals surface area contributed by atoms with Gasteiger partial charge in [0.15, 0.2) is 0 Å². The first-order valence-corrected chi connectivity index (χ1v) is 5.80. The van der Waals surface area contributed by atoms with Gasteiger partial charge in [-0.05, 0) is 30.8 Å². The number of ether oxygens (including phenoxy) is 1. The predicted octanol–water partition coefficient (Wildman–Crippen LogP) is 1.20. The predicted molar refractivity (Wildman–Crippen MR) is 55.2 cm³/mol. The molecular weight excluding hydrogens is 198 g/mol. The minimum Gasteiger partial charge on any atom is -0.381 e. The molecule has 2 rings (SSSR count). The Balaban J connectivity index is 1.73. The van der Waals surface area contributed by atoms with Gasteiger partial charge < -0.3 is 10.1 Å². The van der Waals surface area contributed by atoms with Crippen molar-refractivity contribution in [3.05, 3.63) is 11.1 Å². The van der Waals surface area contributed by atoms with E-state index in [1.54, 1.807) is 0 Å². The maximum absolute atomic E-state index is 5.40. The summed E-state index contributed by atoms with van der Waals surface area (Å²) in [5.74, 6) is 0. The van der Waals surface area contributed by atoms with Crippen LogP contribution in [0, 0.1) is 0 Å². The Hall–Kier alpha value is -0.520. The van der Waals surface area contributed by atoms with Crippen molar-refractivity contribution in [3.8, 4) is 0 Å². The van der Waals surface area contributed by atoms with Crippen LogP contribution < -0.4 is 5.32 Å². The molecule has 0 aromatic carbocycles. The molecule has 1 saturated heterocycles. The number of rotatable bonds is 3. The Morgan fingerprint density at radius 3 is 3.36 bits per heavy atom. The molecule has 4 nitrogen and oxygen atoms in total. The molecule has 1 aliphatic rings. The number of nitrogens with one attached hydrogen (secondary N) is 1. The number of hydrogen-bond acceptors (Lipinski definition) is 5. The first-order valence-electron chi connectivity index (χ1n) is 5.02. The van der Waals surface area contributed by atoms with E-state index in [2.05, 4.69) is 14.9 Å². The van der Waals surface area contributed by atoms with Crippen molar-refractivity contribution in [2.45, 2.75) is 31.8 Å². The molecule has 0 amide bonds. The van der Waals surface area contributed by atoms with E-state index in [4.69, 9.17) is 4.74 Å². The van der Waals surface area contributed by atoms with Gasteiger partial charge in [-0.1, -0.05) is 4.49 Å². The molecule has 1 fully saturated rings. The van der Waals surface area contributed by atoms with E-state index >= 15 is 0 Å². The Labute approximate surface area is 87.8 Å². The molecule has 0 aliphatic carbocycles. The zero-order chi connectivity index (χ0) is 9.64. The normalized spacial score (nSPS) is 23.3. The summed E-state index contributed by atoms with van der Waals surface area (Å²) in [6.45, 7) is 2.70. The van der Waals surface area contributed by atoms with Gasteiger partial charge in [0.2, 0.25) is 0 Å². The lowest BCUT2D eigenvalue weighted by atomic mass is 10.1. The summed E-state index contributed by atoms with van der Waals surface area (Å²) in [5, 5.41) is 7.32. The van der Waals surface area contributed by atoms with Crippen LogP contribution in [0.25, 0.3) is 0 Å². The highest BCUT2D eigenvalue weighted by atomic mass is 32.1. The summed E-state index contributed by atoms with van der Waals surface area (Å²) >= 11 is 1.46. The van der Waals surface area contributed by atoms with Crippen LogP contribution in [-0.2, 0) is 11.3 Å². The Bertz CT molecular complexity index is 245. The van der Waals surface area contributed by atoms with Crippen molar-refractivity contribution in [2.75, 3.05) is 13.2 Å². The number of hydrogen-bond donors (Lipinski definition) is 1. The highest BCUT2D eigenvalue weighted by Gasteiger charge is 2.11. The smallest absolute Gasteiger partial charge is 0.0666 e. The van der Waals surface area contributed by atoms with Gasteiger partial charge in [-0.25, -0.2) is 0 Å². The fraction of sp³-hybridized carbons (Fsp3) is 0.778. The quantitative estimate of drug-likeness (QED) is 0.819. The SMILES string of the molecule is c1nnsc1CNC1CCCOCC1. The van der Waals surface area contributed by atoms with Gasteiger partial charge in [-0.15, -0.1) is 5.10 Å². The van der Waals surface area contributed by atoms with Crippen LogP contribution in [-0.4, -0.2) is 28.8 Å². The number of nitrogens with zero attached hydrogens (tertiary/aromatic N) is 2. The third-order valence-electron chi connectivity index (χ3n) is 2.42. The molecule has 1 atom stereocenters. The fourth-order valence-corrected chi connectivity index (χ4v) is 2.06. The zero-order valence-electron chi connectivity index (χ0n) is 8.11. The molecule has 0 bridgehead atoms. The monoisotopic (exact) mass is 213 g/mol. The van der Waals surface area contributed by atoms with Crippen molar-refractivity contribution in [1.29, 1.82) is 0 Å². The average molecular weight is 213 g/mol. The highest BCUT2D eigenvalue weighted by Crippen LogP contribution is 2.09. The summed E-state index contributed by atoms with van der Waals surface area (Å²) in [6.07, 6.45) is 5.32. The first-order chi connectivity index (χ1) is 6.95. The summed E-state index contributed by atoms with van der Waals surface area (Å²) in [4.78, 5) is 1.20. The minimum absolute atomic E-state index is 0.597.